The molecule has 0 radical (unpaired) electrons. The van der Waals surface area contributed by atoms with Crippen molar-refractivity contribution in [3.63, 3.8) is 0 Å². The van der Waals surface area contributed by atoms with E-state index in [1.165, 1.54) is 24.3 Å². The molecule has 0 atom stereocenters. The van der Waals surface area contributed by atoms with Gasteiger partial charge in [-0.25, -0.2) is 4.98 Å². The van der Waals surface area contributed by atoms with Crippen LogP contribution in [0.4, 0.5) is 0 Å². The van der Waals surface area contributed by atoms with Crippen LogP contribution in [0, 0.1) is 6.85 Å². The molecule has 55 heavy (non-hydrogen) atoms. The fourth-order valence-corrected chi connectivity index (χ4v) is 7.02. The van der Waals surface area contributed by atoms with Gasteiger partial charge in [0, 0.05) is 39.5 Å². The van der Waals surface area contributed by atoms with Gasteiger partial charge in [0.05, 0.1) is 22.3 Å². The van der Waals surface area contributed by atoms with Crippen molar-refractivity contribution in [3.05, 3.63) is 168 Å². The van der Waals surface area contributed by atoms with E-state index < -0.39 is 32.8 Å². The number of phenols is 1. The van der Waals surface area contributed by atoms with Gasteiger partial charge in [0.1, 0.15) is 11.6 Å². The van der Waals surface area contributed by atoms with Crippen LogP contribution in [-0.2, 0) is 10.8 Å². The maximum atomic E-state index is 11.3. The average molecular weight is 730 g/mol. The topological polar surface area (TPSA) is 50.9 Å². The Balaban J connectivity index is 1.30. The number of benzene rings is 6. The average Bonchev–Trinajstić information content (AvgIpc) is 3.65. The van der Waals surface area contributed by atoms with Crippen LogP contribution in [0.15, 0.2) is 152 Å². The van der Waals surface area contributed by atoms with Crippen LogP contribution >= 0.6 is 0 Å². The second-order valence-electron chi connectivity index (χ2n) is 14.9. The molecule has 8 aromatic rings. The molecule has 0 unspecified atom stereocenters. The third-order valence-corrected chi connectivity index (χ3v) is 9.93. The molecule has 4 heteroatoms. The number of rotatable bonds is 6. The molecule has 6 aromatic carbocycles. The lowest BCUT2D eigenvalue weighted by atomic mass is 9.83. The highest BCUT2D eigenvalue weighted by molar-refractivity contribution is 5.97. The number of imidazole rings is 1. The summed E-state index contributed by atoms with van der Waals surface area (Å²) in [6, 6.07) is 42.9. The minimum Gasteiger partial charge on any atom is -0.507 e. The predicted octanol–water partition coefficient (Wildman–Crippen LogP) is 13.4. The van der Waals surface area contributed by atoms with Crippen LogP contribution in [0.5, 0.6) is 5.75 Å². The highest BCUT2D eigenvalue weighted by Crippen LogP contribution is 2.41. The number of aromatic hydroxyl groups is 1. The number of hydrogen-bond donors (Lipinski definition) is 1. The Kier molecular flexibility index (Phi) is 6.10. The molecule has 2 heterocycles. The van der Waals surface area contributed by atoms with Crippen molar-refractivity contribution < 1.29 is 21.6 Å². The lowest BCUT2D eigenvalue weighted by Crippen LogP contribution is -2.11. The van der Waals surface area contributed by atoms with Gasteiger partial charge in [-0.1, -0.05) is 132 Å². The molecule has 0 bridgehead atoms. The smallest absolute Gasteiger partial charge is 0.149 e. The molecule has 0 spiro atoms. The molecule has 0 saturated carbocycles. The lowest BCUT2D eigenvalue weighted by Gasteiger charge is -2.22. The van der Waals surface area contributed by atoms with Crippen molar-refractivity contribution >= 4 is 11.0 Å². The summed E-state index contributed by atoms with van der Waals surface area (Å²) in [6.45, 7) is -6.26. The summed E-state index contributed by atoms with van der Waals surface area (Å²) in [6.07, 6.45) is 1.64. The first kappa shape index (κ1) is 24.2. The minimum absolute atomic E-state index is 0.000340. The zero-order valence-corrected chi connectivity index (χ0v) is 30.7. The normalized spacial score (nSPS) is 16.1. The van der Waals surface area contributed by atoms with E-state index >= 15 is 0 Å². The van der Waals surface area contributed by atoms with E-state index in [-0.39, 0.29) is 22.3 Å². The summed E-state index contributed by atoms with van der Waals surface area (Å²) in [7, 11) is 0. The monoisotopic (exact) mass is 729 g/mol. The van der Waals surface area contributed by atoms with Crippen molar-refractivity contribution in [1.82, 2.24) is 14.5 Å². The first-order valence-corrected chi connectivity index (χ1v) is 18.0. The highest BCUT2D eigenvalue weighted by atomic mass is 16.3. The number of para-hydroxylation sites is 2. The van der Waals surface area contributed by atoms with E-state index in [4.69, 9.17) is 26.4 Å². The summed E-state index contributed by atoms with van der Waals surface area (Å²) in [5.41, 5.74) is 5.34. The number of nitrogens with zero attached hydrogens (tertiary/aromatic N) is 3. The van der Waals surface area contributed by atoms with Gasteiger partial charge in [-0.15, -0.1) is 0 Å². The number of pyridine rings is 1. The Bertz CT molecular complexity index is 3090. The zero-order valence-electron chi connectivity index (χ0n) is 42.7. The van der Waals surface area contributed by atoms with Crippen LogP contribution in [0.1, 0.15) is 74.5 Å². The fourth-order valence-electron chi connectivity index (χ4n) is 7.02. The summed E-state index contributed by atoms with van der Waals surface area (Å²) >= 11 is 0. The van der Waals surface area contributed by atoms with Gasteiger partial charge in [-0.2, -0.15) is 0 Å². The number of hydrogen-bond acceptors (Lipinski definition) is 3. The van der Waals surface area contributed by atoms with Crippen LogP contribution < -0.4 is 0 Å². The first-order valence-electron chi connectivity index (χ1n) is 24.0. The van der Waals surface area contributed by atoms with Crippen LogP contribution in [-0.4, -0.2) is 19.6 Å². The Morgan fingerprint density at radius 3 is 2.04 bits per heavy atom. The molecular weight excluding hydrogens is 671 g/mol. The van der Waals surface area contributed by atoms with Gasteiger partial charge >= 0.3 is 0 Å². The summed E-state index contributed by atoms with van der Waals surface area (Å²) in [4.78, 5) is 10.0. The molecule has 0 fully saturated rings. The first-order chi connectivity index (χ1) is 31.3. The van der Waals surface area contributed by atoms with E-state index in [1.807, 2.05) is 71.3 Å². The molecule has 0 aliphatic heterocycles. The van der Waals surface area contributed by atoms with Gasteiger partial charge in [0.15, 0.2) is 0 Å². The number of fused-ring (bicyclic) bond motifs is 1. The standard InChI is InChI=1S/C51H47N3O/c1-33-26-37(34-14-9-8-10-15-34)31-42(27-33)54-46-18-13-17-43(48(46)53-49(54)44-16-11-12-19-47(44)55)38-28-39(30-41(29-38)51(5,6)7)45-32-36(24-25-52-45)35-20-22-40(23-21-35)50(2,3)4/h8-32,55H,1-7H3/i1D3,2D3,3D3,4D3. The van der Waals surface area contributed by atoms with Gasteiger partial charge < -0.3 is 5.11 Å². The summed E-state index contributed by atoms with van der Waals surface area (Å²) in [5.74, 6) is 0.406. The molecule has 8 rings (SSSR count). The van der Waals surface area contributed by atoms with Crippen molar-refractivity contribution in [2.75, 3.05) is 0 Å². The third-order valence-electron chi connectivity index (χ3n) is 9.93. The predicted molar refractivity (Wildman–Crippen MR) is 230 cm³/mol. The molecule has 1 N–H and O–H groups in total. The maximum absolute atomic E-state index is 11.3. The molecule has 0 saturated heterocycles. The van der Waals surface area contributed by atoms with Crippen LogP contribution in [0.25, 0.3) is 72.7 Å². The zero-order chi connectivity index (χ0) is 48.5. The minimum atomic E-state index is -3.38. The molecule has 4 nitrogen and oxygen atoms in total. The second-order valence-corrected chi connectivity index (χ2v) is 14.9. The fraction of sp³-hybridized carbons (Fsp3) is 0.176. The van der Waals surface area contributed by atoms with Crippen LogP contribution in [0.3, 0.4) is 0 Å². The maximum Gasteiger partial charge on any atom is 0.149 e. The van der Waals surface area contributed by atoms with Crippen molar-refractivity contribution in [3.8, 4) is 67.5 Å². The van der Waals surface area contributed by atoms with E-state index in [9.17, 15) is 5.11 Å². The van der Waals surface area contributed by atoms with E-state index in [1.54, 1.807) is 48.7 Å². The quantitative estimate of drug-likeness (QED) is 0.185. The molecule has 0 aliphatic carbocycles. The van der Waals surface area contributed by atoms with Gasteiger partial charge in [-0.3, -0.25) is 9.55 Å². The molecule has 272 valence electrons. The van der Waals surface area contributed by atoms with Crippen molar-refractivity contribution in [1.29, 1.82) is 0 Å². The summed E-state index contributed by atoms with van der Waals surface area (Å²) < 4.78 is 101. The lowest BCUT2D eigenvalue weighted by molar-refractivity contribution is 0.477. The molecule has 2 aromatic heterocycles. The van der Waals surface area contributed by atoms with E-state index in [0.717, 1.165) is 27.8 Å². The molecular formula is C51H47N3O. The van der Waals surface area contributed by atoms with Gasteiger partial charge in [0.2, 0.25) is 0 Å². The Morgan fingerprint density at radius 1 is 0.564 bits per heavy atom. The Labute approximate surface area is 341 Å². The number of aryl methyl sites for hydroxylation is 1. The molecule has 0 aliphatic rings. The summed E-state index contributed by atoms with van der Waals surface area (Å²) in [5, 5.41) is 11.3. The number of phenolic OH excluding ortho intramolecular Hbond substituents is 1. The molecule has 0 amide bonds. The highest BCUT2D eigenvalue weighted by Gasteiger charge is 2.23. The van der Waals surface area contributed by atoms with Gasteiger partial charge in [-0.05, 0) is 117 Å². The van der Waals surface area contributed by atoms with Crippen LogP contribution in [0.2, 0.25) is 0 Å². The van der Waals surface area contributed by atoms with E-state index in [2.05, 4.69) is 32.9 Å². The largest absolute Gasteiger partial charge is 0.507 e. The van der Waals surface area contributed by atoms with Crippen molar-refractivity contribution in [2.24, 2.45) is 0 Å². The second kappa shape index (κ2) is 13.9. The Morgan fingerprint density at radius 2 is 1.29 bits per heavy atom. The van der Waals surface area contributed by atoms with E-state index in [0.29, 0.717) is 50.5 Å². The SMILES string of the molecule is [2H]C([2H])([2H])c1cc(-c2ccccc2)cc(-n2c(-c3ccccc3O)nc3c(-c4cc(-c5cc(-c6ccc(C(C([2H])([2H])[2H])(C([2H])([2H])[2H])C([2H])([2H])[2H])cc6)ccn5)cc(C(C)(C)C)c4)cccc32)c1. The third kappa shape index (κ3) is 7.08. The Hall–Kier alpha value is -6.26. The van der Waals surface area contributed by atoms with Crippen molar-refractivity contribution in [2.45, 2.75) is 59.0 Å². The number of aromatic nitrogens is 3. The van der Waals surface area contributed by atoms with Gasteiger partial charge in [0.25, 0.3) is 0 Å².